The number of carbonyl (C=O) groups excluding carboxylic acids is 2. The van der Waals surface area contributed by atoms with Gasteiger partial charge in [-0.05, 0) is 35.4 Å². The number of nitrogens with one attached hydrogen (secondary N) is 1. The number of methoxy groups -OCH3 is 1. The highest BCUT2D eigenvalue weighted by molar-refractivity contribution is 6.01. The molecule has 8 nitrogen and oxygen atoms in total. The molecular weight excluding hydrogens is 386 g/mol. The Morgan fingerprint density at radius 1 is 1.10 bits per heavy atom. The average molecular weight is 407 g/mol. The van der Waals surface area contributed by atoms with Gasteiger partial charge in [0.2, 0.25) is 6.79 Å². The van der Waals surface area contributed by atoms with Crippen LogP contribution in [0.15, 0.2) is 53.7 Å². The zero-order valence-corrected chi connectivity index (χ0v) is 16.7. The van der Waals surface area contributed by atoms with Crippen LogP contribution < -0.4 is 19.5 Å². The van der Waals surface area contributed by atoms with Crippen molar-refractivity contribution in [2.75, 3.05) is 27.5 Å². The van der Waals surface area contributed by atoms with Gasteiger partial charge < -0.3 is 24.4 Å². The number of rotatable bonds is 4. The molecule has 0 aliphatic carbocycles. The van der Waals surface area contributed by atoms with Crippen molar-refractivity contribution >= 4 is 11.9 Å². The number of benzene rings is 2. The Kier molecular flexibility index (Phi) is 4.27. The summed E-state index contributed by atoms with van der Waals surface area (Å²) in [7, 11) is 3.29. The Balaban J connectivity index is 1.43. The van der Waals surface area contributed by atoms with Crippen molar-refractivity contribution in [2.45, 2.75) is 12.6 Å². The van der Waals surface area contributed by atoms with E-state index in [-0.39, 0.29) is 18.7 Å². The summed E-state index contributed by atoms with van der Waals surface area (Å²) in [5.41, 5.74) is 3.10. The molecule has 1 N–H and O–H groups in total. The number of amides is 3. The van der Waals surface area contributed by atoms with Crippen LogP contribution >= 0.6 is 0 Å². The Bertz CT molecular complexity index is 1060. The van der Waals surface area contributed by atoms with Gasteiger partial charge in [0, 0.05) is 13.6 Å². The third kappa shape index (κ3) is 2.92. The van der Waals surface area contributed by atoms with E-state index in [1.165, 1.54) is 4.90 Å². The first kappa shape index (κ1) is 18.4. The Labute approximate surface area is 173 Å². The van der Waals surface area contributed by atoms with Crippen LogP contribution in [0.2, 0.25) is 0 Å². The number of urea groups is 1. The highest BCUT2D eigenvalue weighted by Crippen LogP contribution is 2.38. The zero-order chi connectivity index (χ0) is 20.8. The van der Waals surface area contributed by atoms with Gasteiger partial charge in [-0.15, -0.1) is 0 Å². The minimum absolute atomic E-state index is 0.0877. The van der Waals surface area contributed by atoms with Crippen molar-refractivity contribution in [3.63, 3.8) is 0 Å². The minimum atomic E-state index is -0.496. The molecule has 5 rings (SSSR count). The van der Waals surface area contributed by atoms with E-state index in [4.69, 9.17) is 14.2 Å². The number of likely N-dealkylation sites (N-methyl/N-ethyl adjacent to an activating group) is 1. The lowest BCUT2D eigenvalue weighted by atomic mass is 9.95. The summed E-state index contributed by atoms with van der Waals surface area (Å²) in [5.74, 6) is 2.02. The van der Waals surface area contributed by atoms with Crippen LogP contribution in [0.25, 0.3) is 0 Å². The van der Waals surface area contributed by atoms with Crippen LogP contribution in [-0.2, 0) is 11.3 Å². The Morgan fingerprint density at radius 2 is 1.87 bits per heavy atom. The minimum Gasteiger partial charge on any atom is -0.497 e. The van der Waals surface area contributed by atoms with E-state index in [1.807, 2.05) is 42.5 Å². The highest BCUT2D eigenvalue weighted by atomic mass is 16.7. The summed E-state index contributed by atoms with van der Waals surface area (Å²) in [5, 5.41) is 2.94. The molecule has 0 unspecified atom stereocenters. The number of carbonyl (C=O) groups is 2. The third-order valence-electron chi connectivity index (χ3n) is 5.69. The molecule has 0 bridgehead atoms. The SMILES string of the molecule is COc1ccc([C@H]2NC(=O)N(C)C3=C2C(=O)N(Cc2ccc4c(c2)OCO4)C3)cc1. The van der Waals surface area contributed by atoms with Gasteiger partial charge in [-0.1, -0.05) is 18.2 Å². The predicted octanol–water partition coefficient (Wildman–Crippen LogP) is 2.42. The van der Waals surface area contributed by atoms with Crippen molar-refractivity contribution in [3.05, 3.63) is 64.9 Å². The maximum absolute atomic E-state index is 13.3. The quantitative estimate of drug-likeness (QED) is 0.842. The molecule has 1 atom stereocenters. The van der Waals surface area contributed by atoms with E-state index >= 15 is 0 Å². The molecule has 30 heavy (non-hydrogen) atoms. The van der Waals surface area contributed by atoms with E-state index in [0.717, 1.165) is 22.6 Å². The number of nitrogens with zero attached hydrogens (tertiary/aromatic N) is 2. The maximum atomic E-state index is 13.3. The van der Waals surface area contributed by atoms with E-state index in [2.05, 4.69) is 5.32 Å². The van der Waals surface area contributed by atoms with Crippen molar-refractivity contribution in [2.24, 2.45) is 0 Å². The number of fused-ring (bicyclic) bond motifs is 1. The molecule has 2 aromatic rings. The molecule has 154 valence electrons. The van der Waals surface area contributed by atoms with Crippen molar-refractivity contribution < 1.29 is 23.8 Å². The van der Waals surface area contributed by atoms with Crippen LogP contribution in [0, 0.1) is 0 Å². The molecule has 8 heteroatoms. The van der Waals surface area contributed by atoms with Gasteiger partial charge in [0.1, 0.15) is 5.75 Å². The van der Waals surface area contributed by atoms with Crippen LogP contribution in [-0.4, -0.2) is 49.2 Å². The average Bonchev–Trinajstić information content (AvgIpc) is 3.36. The monoisotopic (exact) mass is 407 g/mol. The molecule has 2 aromatic carbocycles. The van der Waals surface area contributed by atoms with E-state index in [0.29, 0.717) is 30.2 Å². The first-order chi connectivity index (χ1) is 14.5. The van der Waals surface area contributed by atoms with Crippen LogP contribution in [0.5, 0.6) is 17.2 Å². The van der Waals surface area contributed by atoms with Gasteiger partial charge in [-0.3, -0.25) is 9.69 Å². The van der Waals surface area contributed by atoms with E-state index in [1.54, 1.807) is 19.1 Å². The summed E-state index contributed by atoms with van der Waals surface area (Å²) >= 11 is 0. The van der Waals surface area contributed by atoms with Gasteiger partial charge in [-0.2, -0.15) is 0 Å². The number of hydrogen-bond donors (Lipinski definition) is 1. The fourth-order valence-electron chi connectivity index (χ4n) is 4.06. The molecule has 3 amide bonds. The summed E-state index contributed by atoms with van der Waals surface area (Å²) in [6.45, 7) is 0.998. The first-order valence-electron chi connectivity index (χ1n) is 9.64. The zero-order valence-electron chi connectivity index (χ0n) is 16.7. The molecule has 0 spiro atoms. The van der Waals surface area contributed by atoms with Crippen LogP contribution in [0.1, 0.15) is 17.2 Å². The van der Waals surface area contributed by atoms with Gasteiger partial charge >= 0.3 is 6.03 Å². The van der Waals surface area contributed by atoms with Crippen LogP contribution in [0.3, 0.4) is 0 Å². The molecular formula is C22H21N3O5. The number of hydrogen-bond acceptors (Lipinski definition) is 5. The second-order valence-corrected chi connectivity index (χ2v) is 7.42. The summed E-state index contributed by atoms with van der Waals surface area (Å²) in [6, 6.07) is 12.3. The van der Waals surface area contributed by atoms with Crippen molar-refractivity contribution in [1.82, 2.24) is 15.1 Å². The van der Waals surface area contributed by atoms with Gasteiger partial charge in [0.25, 0.3) is 5.91 Å². The smallest absolute Gasteiger partial charge is 0.322 e. The maximum Gasteiger partial charge on any atom is 0.322 e. The molecule has 3 aliphatic heterocycles. The molecule has 0 aromatic heterocycles. The number of ether oxygens (including phenoxy) is 3. The highest BCUT2D eigenvalue weighted by Gasteiger charge is 2.42. The molecule has 0 radical (unpaired) electrons. The summed E-state index contributed by atoms with van der Waals surface area (Å²) in [4.78, 5) is 29.2. The molecule has 3 heterocycles. The lowest BCUT2D eigenvalue weighted by molar-refractivity contribution is -0.126. The summed E-state index contributed by atoms with van der Waals surface area (Å²) in [6.07, 6.45) is 0. The molecule has 0 saturated carbocycles. The van der Waals surface area contributed by atoms with Gasteiger partial charge in [-0.25, -0.2) is 4.79 Å². The predicted molar refractivity (Wildman–Crippen MR) is 107 cm³/mol. The van der Waals surface area contributed by atoms with E-state index < -0.39 is 6.04 Å². The fourth-order valence-corrected chi connectivity index (χ4v) is 4.06. The normalized spacial score (nSPS) is 19.9. The van der Waals surface area contributed by atoms with Gasteiger partial charge in [0.05, 0.1) is 31.0 Å². The Morgan fingerprint density at radius 3 is 2.63 bits per heavy atom. The molecule has 0 fully saturated rings. The standard InChI is InChI=1S/C22H21N3O5/c1-24-16-11-25(10-13-3-8-17-18(9-13)30-12-29-17)21(26)19(16)20(23-22(24)27)14-4-6-15(28-2)7-5-14/h3-9,20H,10-12H2,1-2H3,(H,23,27)/t20-/m1/s1. The second kappa shape index (κ2) is 6.98. The fraction of sp³-hybridized carbons (Fsp3) is 0.273. The lowest BCUT2D eigenvalue weighted by Gasteiger charge is -2.31. The van der Waals surface area contributed by atoms with Crippen molar-refractivity contribution in [3.8, 4) is 17.2 Å². The molecule has 3 aliphatic rings. The third-order valence-corrected chi connectivity index (χ3v) is 5.69. The molecule has 0 saturated heterocycles. The first-order valence-corrected chi connectivity index (χ1v) is 9.64. The lowest BCUT2D eigenvalue weighted by Crippen LogP contribution is -2.45. The second-order valence-electron chi connectivity index (χ2n) is 7.42. The van der Waals surface area contributed by atoms with Gasteiger partial charge in [0.15, 0.2) is 11.5 Å². The van der Waals surface area contributed by atoms with Crippen LogP contribution in [0.4, 0.5) is 4.79 Å². The topological polar surface area (TPSA) is 80.3 Å². The largest absolute Gasteiger partial charge is 0.497 e. The van der Waals surface area contributed by atoms with Crippen molar-refractivity contribution in [1.29, 1.82) is 0 Å². The van der Waals surface area contributed by atoms with E-state index in [9.17, 15) is 9.59 Å². The summed E-state index contributed by atoms with van der Waals surface area (Å²) < 4.78 is 16.0. The Hall–Kier alpha value is -3.68.